The Labute approximate surface area is 121 Å². The smallest absolute Gasteiger partial charge is 0.0883 e. The van der Waals surface area contributed by atoms with Crippen LogP contribution in [0.5, 0.6) is 0 Å². The van der Waals surface area contributed by atoms with Gasteiger partial charge in [-0.05, 0) is 43.9 Å². The summed E-state index contributed by atoms with van der Waals surface area (Å²) in [6.07, 6.45) is 1.77. The van der Waals surface area contributed by atoms with E-state index in [4.69, 9.17) is 22.2 Å². The molecule has 1 aromatic carbocycles. The van der Waals surface area contributed by atoms with Gasteiger partial charge in [-0.3, -0.25) is 11.3 Å². The fraction of sp³-hybridized carbons (Fsp3) is 0.600. The monoisotopic (exact) mass is 284 g/mol. The largest absolute Gasteiger partial charge is 0.373 e. The van der Waals surface area contributed by atoms with E-state index in [0.29, 0.717) is 6.61 Å². The number of nitrogens with two attached hydrogens (primary N) is 1. The number of hydrogen-bond donors (Lipinski definition) is 2. The summed E-state index contributed by atoms with van der Waals surface area (Å²) in [6, 6.07) is 5.98. The predicted molar refractivity (Wildman–Crippen MR) is 81.2 cm³/mol. The molecule has 0 amide bonds. The summed E-state index contributed by atoms with van der Waals surface area (Å²) in [5, 5.41) is 0.760. The average Bonchev–Trinajstić information content (AvgIpc) is 2.42. The van der Waals surface area contributed by atoms with Crippen molar-refractivity contribution in [3.8, 4) is 0 Å². The SMILES string of the molecule is CCOC(CC)(CC)C(NN)c1ccc(C)c(Cl)c1. The van der Waals surface area contributed by atoms with Crippen LogP contribution in [-0.4, -0.2) is 12.2 Å². The van der Waals surface area contributed by atoms with E-state index in [-0.39, 0.29) is 11.6 Å². The summed E-state index contributed by atoms with van der Waals surface area (Å²) in [4.78, 5) is 0. The average molecular weight is 285 g/mol. The minimum atomic E-state index is -0.303. The molecule has 1 atom stereocenters. The van der Waals surface area contributed by atoms with E-state index in [1.807, 2.05) is 26.0 Å². The topological polar surface area (TPSA) is 47.3 Å². The number of ether oxygens (including phenoxy) is 1. The number of benzene rings is 1. The fourth-order valence-corrected chi connectivity index (χ4v) is 2.76. The molecular weight excluding hydrogens is 260 g/mol. The van der Waals surface area contributed by atoms with Gasteiger partial charge in [0.1, 0.15) is 0 Å². The molecule has 0 bridgehead atoms. The summed E-state index contributed by atoms with van der Waals surface area (Å²) in [6.45, 7) is 8.92. The Morgan fingerprint density at radius 2 is 1.95 bits per heavy atom. The maximum Gasteiger partial charge on any atom is 0.0883 e. The van der Waals surface area contributed by atoms with Crippen LogP contribution >= 0.6 is 11.6 Å². The summed E-state index contributed by atoms with van der Waals surface area (Å²) in [5.41, 5.74) is 4.74. The first-order chi connectivity index (χ1) is 9.04. The van der Waals surface area contributed by atoms with Gasteiger partial charge in [-0.25, -0.2) is 0 Å². The molecule has 0 spiro atoms. The molecule has 1 rings (SSSR count). The van der Waals surface area contributed by atoms with E-state index < -0.39 is 0 Å². The lowest BCUT2D eigenvalue weighted by molar-refractivity contribution is -0.0734. The van der Waals surface area contributed by atoms with Crippen LogP contribution in [-0.2, 0) is 4.74 Å². The molecule has 0 fully saturated rings. The van der Waals surface area contributed by atoms with Crippen molar-refractivity contribution in [2.24, 2.45) is 5.84 Å². The molecule has 1 unspecified atom stereocenters. The highest BCUT2D eigenvalue weighted by atomic mass is 35.5. The maximum atomic E-state index is 6.22. The highest BCUT2D eigenvalue weighted by Gasteiger charge is 2.37. The van der Waals surface area contributed by atoms with Gasteiger partial charge in [-0.2, -0.15) is 0 Å². The molecule has 1 aromatic rings. The molecular formula is C15H25ClN2O. The summed E-state index contributed by atoms with van der Waals surface area (Å²) in [5.74, 6) is 5.79. The van der Waals surface area contributed by atoms with Gasteiger partial charge in [0.05, 0.1) is 11.6 Å². The second-order valence-corrected chi connectivity index (χ2v) is 5.22. The van der Waals surface area contributed by atoms with Crippen LogP contribution in [0.2, 0.25) is 5.02 Å². The van der Waals surface area contributed by atoms with Crippen LogP contribution in [0.15, 0.2) is 18.2 Å². The van der Waals surface area contributed by atoms with Gasteiger partial charge in [0.15, 0.2) is 0 Å². The summed E-state index contributed by atoms with van der Waals surface area (Å²) in [7, 11) is 0. The van der Waals surface area contributed by atoms with Crippen molar-refractivity contribution < 1.29 is 4.74 Å². The molecule has 0 radical (unpaired) electrons. The first-order valence-electron chi connectivity index (χ1n) is 6.90. The van der Waals surface area contributed by atoms with Crippen molar-refractivity contribution >= 4 is 11.6 Å². The minimum Gasteiger partial charge on any atom is -0.373 e. The minimum absolute atomic E-state index is 0.0689. The number of hydrazine groups is 1. The van der Waals surface area contributed by atoms with E-state index in [9.17, 15) is 0 Å². The third-order valence-electron chi connectivity index (χ3n) is 3.85. The lowest BCUT2D eigenvalue weighted by Gasteiger charge is -2.39. The highest BCUT2D eigenvalue weighted by Crippen LogP contribution is 2.36. The van der Waals surface area contributed by atoms with E-state index in [0.717, 1.165) is 29.0 Å². The summed E-state index contributed by atoms with van der Waals surface area (Å²) >= 11 is 6.22. The second kappa shape index (κ2) is 7.25. The quantitative estimate of drug-likeness (QED) is 0.592. The lowest BCUT2D eigenvalue weighted by Crippen LogP contribution is -2.48. The molecule has 0 saturated heterocycles. The Bertz CT molecular complexity index is 405. The molecule has 3 N–H and O–H groups in total. The zero-order chi connectivity index (χ0) is 14.5. The van der Waals surface area contributed by atoms with Gasteiger partial charge < -0.3 is 4.74 Å². The van der Waals surface area contributed by atoms with Gasteiger partial charge in [-0.15, -0.1) is 0 Å². The van der Waals surface area contributed by atoms with Crippen LogP contribution in [0.3, 0.4) is 0 Å². The van der Waals surface area contributed by atoms with Crippen molar-refractivity contribution in [3.63, 3.8) is 0 Å². The van der Waals surface area contributed by atoms with Crippen LogP contribution in [0, 0.1) is 6.92 Å². The predicted octanol–water partition coefficient (Wildman–Crippen LogP) is 3.75. The Kier molecular flexibility index (Phi) is 6.27. The van der Waals surface area contributed by atoms with Crippen molar-refractivity contribution in [1.82, 2.24) is 5.43 Å². The summed E-state index contributed by atoms with van der Waals surface area (Å²) < 4.78 is 6.02. The number of aryl methyl sites for hydroxylation is 1. The zero-order valence-electron chi connectivity index (χ0n) is 12.3. The standard InChI is InChI=1S/C15H25ClN2O/c1-5-15(6-2,19-7-3)14(18-17)12-9-8-11(4)13(16)10-12/h8-10,14,18H,5-7,17H2,1-4H3. The third kappa shape index (κ3) is 3.48. The Morgan fingerprint density at radius 3 is 2.37 bits per heavy atom. The Morgan fingerprint density at radius 1 is 1.32 bits per heavy atom. The van der Waals surface area contributed by atoms with Crippen molar-refractivity contribution in [2.45, 2.75) is 52.2 Å². The van der Waals surface area contributed by atoms with Gasteiger partial charge >= 0.3 is 0 Å². The van der Waals surface area contributed by atoms with Crippen LogP contribution in [0.4, 0.5) is 0 Å². The number of halogens is 1. The van der Waals surface area contributed by atoms with Gasteiger partial charge in [0.2, 0.25) is 0 Å². The van der Waals surface area contributed by atoms with Crippen LogP contribution in [0.25, 0.3) is 0 Å². The number of nitrogens with one attached hydrogen (secondary N) is 1. The Balaban J connectivity index is 3.18. The van der Waals surface area contributed by atoms with Crippen LogP contribution < -0.4 is 11.3 Å². The second-order valence-electron chi connectivity index (χ2n) is 4.81. The van der Waals surface area contributed by atoms with Gasteiger partial charge in [0.25, 0.3) is 0 Å². The zero-order valence-corrected chi connectivity index (χ0v) is 13.1. The van der Waals surface area contributed by atoms with Gasteiger partial charge in [-0.1, -0.05) is 37.6 Å². The normalized spacial score (nSPS) is 13.6. The number of hydrogen-bond acceptors (Lipinski definition) is 3. The molecule has 0 saturated carbocycles. The first kappa shape index (κ1) is 16.4. The molecule has 0 aromatic heterocycles. The molecule has 3 nitrogen and oxygen atoms in total. The van der Waals surface area contributed by atoms with E-state index >= 15 is 0 Å². The molecule has 0 heterocycles. The molecule has 4 heteroatoms. The third-order valence-corrected chi connectivity index (χ3v) is 4.26. The molecule has 0 aliphatic rings. The molecule has 108 valence electrons. The van der Waals surface area contributed by atoms with Crippen LogP contribution in [0.1, 0.15) is 50.8 Å². The Hall–Kier alpha value is -0.610. The van der Waals surface area contributed by atoms with E-state index in [1.165, 1.54) is 0 Å². The highest BCUT2D eigenvalue weighted by molar-refractivity contribution is 6.31. The van der Waals surface area contributed by atoms with Crippen molar-refractivity contribution in [1.29, 1.82) is 0 Å². The van der Waals surface area contributed by atoms with Crippen molar-refractivity contribution in [2.75, 3.05) is 6.61 Å². The fourth-order valence-electron chi connectivity index (χ4n) is 2.57. The number of rotatable bonds is 7. The maximum absolute atomic E-state index is 6.22. The van der Waals surface area contributed by atoms with E-state index in [2.05, 4.69) is 25.3 Å². The van der Waals surface area contributed by atoms with Gasteiger partial charge in [0, 0.05) is 11.6 Å². The lowest BCUT2D eigenvalue weighted by atomic mass is 9.84. The molecule has 0 aliphatic heterocycles. The first-order valence-corrected chi connectivity index (χ1v) is 7.28. The van der Waals surface area contributed by atoms with Crippen molar-refractivity contribution in [3.05, 3.63) is 34.3 Å². The molecule has 19 heavy (non-hydrogen) atoms. The van der Waals surface area contributed by atoms with E-state index in [1.54, 1.807) is 0 Å². The molecule has 0 aliphatic carbocycles.